The number of hydrogen-bond donors (Lipinski definition) is 2. The van der Waals surface area contributed by atoms with Crippen LogP contribution in [0.15, 0.2) is 29.3 Å². The van der Waals surface area contributed by atoms with Crippen LogP contribution in [0.4, 0.5) is 5.69 Å². The number of nitrogen functional groups attached to an aromatic ring is 1. The van der Waals surface area contributed by atoms with E-state index in [9.17, 15) is 16.8 Å². The molecule has 2 heterocycles. The van der Waals surface area contributed by atoms with E-state index in [1.54, 1.807) is 18.2 Å². The zero-order chi connectivity index (χ0) is 15.3. The molecular weight excluding hydrogens is 314 g/mol. The molecule has 0 bridgehead atoms. The Morgan fingerprint density at radius 3 is 2.52 bits per heavy atom. The van der Waals surface area contributed by atoms with Crippen molar-refractivity contribution in [2.75, 3.05) is 30.3 Å². The quantitative estimate of drug-likeness (QED) is 0.763. The fourth-order valence-corrected chi connectivity index (χ4v) is 5.44. The van der Waals surface area contributed by atoms with Crippen LogP contribution in [-0.4, -0.2) is 50.7 Å². The van der Waals surface area contributed by atoms with Gasteiger partial charge in [0.25, 0.3) is 0 Å². The van der Waals surface area contributed by atoms with Gasteiger partial charge in [-0.1, -0.05) is 0 Å². The molecule has 3 rings (SSSR count). The summed E-state index contributed by atoms with van der Waals surface area (Å²) in [6.07, 6.45) is 1.42. The van der Waals surface area contributed by atoms with E-state index in [4.69, 9.17) is 5.73 Å². The highest BCUT2D eigenvalue weighted by Crippen LogP contribution is 2.27. The van der Waals surface area contributed by atoms with Crippen LogP contribution in [0.5, 0.6) is 0 Å². The largest absolute Gasteiger partial charge is 0.399 e. The monoisotopic (exact) mass is 329 g/mol. The Labute approximate surface area is 122 Å². The van der Waals surface area contributed by atoms with Crippen molar-refractivity contribution in [1.29, 1.82) is 0 Å². The number of rotatable bonds is 2. The molecule has 9 heteroatoms. The van der Waals surface area contributed by atoms with Crippen LogP contribution in [0.3, 0.4) is 0 Å². The molecule has 0 spiro atoms. The predicted molar refractivity (Wildman–Crippen MR) is 80.1 cm³/mol. The second kappa shape index (κ2) is 4.72. The van der Waals surface area contributed by atoms with E-state index in [2.05, 4.69) is 4.98 Å². The third-order valence-corrected chi connectivity index (χ3v) is 7.14. The maximum Gasteiger partial charge on any atom is 0.245 e. The Morgan fingerprint density at radius 1 is 1.19 bits per heavy atom. The van der Waals surface area contributed by atoms with Crippen LogP contribution < -0.4 is 5.73 Å². The van der Waals surface area contributed by atoms with E-state index >= 15 is 0 Å². The SMILES string of the molecule is Nc1ccc2c(S(=O)(=O)N3CCS(=O)(=O)CC3)c[nH]c2c1. The van der Waals surface area contributed by atoms with Crippen molar-refractivity contribution < 1.29 is 16.8 Å². The topological polar surface area (TPSA) is 113 Å². The number of anilines is 1. The molecule has 0 radical (unpaired) electrons. The number of benzene rings is 1. The normalized spacial score (nSPS) is 19.8. The molecule has 1 aliphatic heterocycles. The summed E-state index contributed by atoms with van der Waals surface area (Å²) in [6.45, 7) is -0.0153. The fourth-order valence-electron chi connectivity index (χ4n) is 2.41. The molecule has 1 fully saturated rings. The third-order valence-electron chi connectivity index (χ3n) is 3.59. The van der Waals surface area contributed by atoms with Gasteiger partial charge in [0.1, 0.15) is 4.90 Å². The van der Waals surface area contributed by atoms with Gasteiger partial charge in [-0.25, -0.2) is 16.8 Å². The number of aromatic amines is 1. The minimum atomic E-state index is -3.71. The number of nitrogens with one attached hydrogen (secondary N) is 1. The highest BCUT2D eigenvalue weighted by molar-refractivity contribution is 7.92. The smallest absolute Gasteiger partial charge is 0.245 e. The highest BCUT2D eigenvalue weighted by atomic mass is 32.2. The second-order valence-corrected chi connectivity index (χ2v) is 9.22. The van der Waals surface area contributed by atoms with E-state index < -0.39 is 19.9 Å². The van der Waals surface area contributed by atoms with Gasteiger partial charge in [-0.2, -0.15) is 4.31 Å². The first-order valence-electron chi connectivity index (χ1n) is 6.37. The van der Waals surface area contributed by atoms with E-state index in [0.717, 1.165) is 0 Å². The van der Waals surface area contributed by atoms with Crippen molar-refractivity contribution in [3.63, 3.8) is 0 Å². The molecule has 0 amide bonds. The first-order chi connectivity index (χ1) is 9.79. The zero-order valence-corrected chi connectivity index (χ0v) is 12.7. The van der Waals surface area contributed by atoms with Gasteiger partial charge in [0.15, 0.2) is 9.84 Å². The van der Waals surface area contributed by atoms with Gasteiger partial charge in [-0.15, -0.1) is 0 Å². The molecule has 3 N–H and O–H groups in total. The van der Waals surface area contributed by atoms with Crippen LogP contribution in [0.25, 0.3) is 10.9 Å². The van der Waals surface area contributed by atoms with Crippen molar-refractivity contribution in [3.05, 3.63) is 24.4 Å². The summed E-state index contributed by atoms with van der Waals surface area (Å²) in [5.74, 6) is -0.275. The molecule has 21 heavy (non-hydrogen) atoms. The second-order valence-electron chi connectivity index (χ2n) is 5.01. The Kier molecular flexibility index (Phi) is 3.23. The lowest BCUT2D eigenvalue weighted by Gasteiger charge is -2.25. The van der Waals surface area contributed by atoms with E-state index in [-0.39, 0.29) is 29.5 Å². The average Bonchev–Trinajstić information content (AvgIpc) is 2.81. The van der Waals surface area contributed by atoms with E-state index in [1.807, 2.05) is 0 Å². The summed E-state index contributed by atoms with van der Waals surface area (Å²) in [5.41, 5.74) is 6.84. The highest BCUT2D eigenvalue weighted by Gasteiger charge is 2.32. The van der Waals surface area contributed by atoms with Gasteiger partial charge in [0.2, 0.25) is 10.0 Å². The lowest BCUT2D eigenvalue weighted by molar-refractivity contribution is 0.431. The first-order valence-corrected chi connectivity index (χ1v) is 9.63. The average molecular weight is 329 g/mol. The van der Waals surface area contributed by atoms with Crippen LogP contribution in [0.2, 0.25) is 0 Å². The molecular formula is C12H15N3O4S2. The standard InChI is InChI=1S/C12H15N3O4S2/c13-9-1-2-10-11(7-9)14-8-12(10)21(18,19)15-3-5-20(16,17)6-4-15/h1-2,7-8,14H,3-6,13H2. The molecule has 1 saturated heterocycles. The van der Waals surface area contributed by atoms with Crippen molar-refractivity contribution in [2.24, 2.45) is 0 Å². The summed E-state index contributed by atoms with van der Waals surface area (Å²) >= 11 is 0. The number of fused-ring (bicyclic) bond motifs is 1. The number of nitrogens with zero attached hydrogens (tertiary/aromatic N) is 1. The van der Waals surface area contributed by atoms with E-state index in [1.165, 1.54) is 10.5 Å². The first kappa shape index (κ1) is 14.4. The Hall–Kier alpha value is -1.58. The van der Waals surface area contributed by atoms with E-state index in [0.29, 0.717) is 16.6 Å². The predicted octanol–water partition coefficient (Wildman–Crippen LogP) is 0.169. The van der Waals surface area contributed by atoms with Gasteiger partial charge < -0.3 is 10.7 Å². The van der Waals surface area contributed by atoms with Gasteiger partial charge >= 0.3 is 0 Å². The minimum absolute atomic E-state index is 0.00763. The molecule has 0 aliphatic carbocycles. The molecule has 2 aromatic rings. The summed E-state index contributed by atoms with van der Waals surface area (Å²) in [5, 5.41) is 0.553. The van der Waals surface area contributed by atoms with Crippen molar-refractivity contribution >= 4 is 36.5 Å². The third kappa shape index (κ3) is 2.52. The summed E-state index contributed by atoms with van der Waals surface area (Å²) in [7, 11) is -6.83. The number of nitrogens with two attached hydrogens (primary N) is 1. The summed E-state index contributed by atoms with van der Waals surface area (Å²) in [6, 6.07) is 4.94. The molecule has 0 saturated carbocycles. The summed E-state index contributed by atoms with van der Waals surface area (Å²) < 4.78 is 49.3. The van der Waals surface area contributed by atoms with Crippen LogP contribution in [-0.2, 0) is 19.9 Å². The van der Waals surface area contributed by atoms with Crippen LogP contribution >= 0.6 is 0 Å². The van der Waals surface area contributed by atoms with Gasteiger partial charge in [-0.3, -0.25) is 0 Å². The number of sulfone groups is 1. The number of hydrogen-bond acceptors (Lipinski definition) is 5. The minimum Gasteiger partial charge on any atom is -0.399 e. The number of sulfonamides is 1. The Bertz CT molecular complexity index is 886. The maximum atomic E-state index is 12.6. The Balaban J connectivity index is 2.01. The van der Waals surface area contributed by atoms with Crippen LogP contribution in [0.1, 0.15) is 0 Å². The Morgan fingerprint density at radius 2 is 1.86 bits per heavy atom. The van der Waals surface area contributed by atoms with Gasteiger partial charge in [-0.05, 0) is 18.2 Å². The lowest BCUT2D eigenvalue weighted by atomic mass is 10.2. The molecule has 1 aliphatic rings. The van der Waals surface area contributed by atoms with Crippen LogP contribution in [0, 0.1) is 0 Å². The van der Waals surface area contributed by atoms with Crippen molar-refractivity contribution in [1.82, 2.24) is 9.29 Å². The lowest BCUT2D eigenvalue weighted by Crippen LogP contribution is -2.43. The molecule has 0 atom stereocenters. The number of H-pyrrole nitrogens is 1. The molecule has 114 valence electrons. The molecule has 0 unspecified atom stereocenters. The molecule has 7 nitrogen and oxygen atoms in total. The summed E-state index contributed by atoms with van der Waals surface area (Å²) in [4.78, 5) is 3.04. The van der Waals surface area contributed by atoms with Gasteiger partial charge in [0, 0.05) is 35.9 Å². The molecule has 1 aromatic carbocycles. The van der Waals surface area contributed by atoms with Crippen molar-refractivity contribution in [3.8, 4) is 0 Å². The van der Waals surface area contributed by atoms with Crippen molar-refractivity contribution in [2.45, 2.75) is 4.90 Å². The fraction of sp³-hybridized carbons (Fsp3) is 0.333. The number of aromatic nitrogens is 1. The molecule has 1 aromatic heterocycles. The van der Waals surface area contributed by atoms with Gasteiger partial charge in [0.05, 0.1) is 11.5 Å². The zero-order valence-electron chi connectivity index (χ0n) is 11.1. The maximum absolute atomic E-state index is 12.6.